The molecule has 0 spiro atoms. The monoisotopic (exact) mass is 260 g/mol. The Bertz CT molecular complexity index is 643. The number of esters is 1. The molecule has 5 nitrogen and oxygen atoms in total. The fourth-order valence-corrected chi connectivity index (χ4v) is 2.17. The molecule has 0 aliphatic heterocycles. The highest BCUT2D eigenvalue weighted by Gasteiger charge is 2.16. The lowest BCUT2D eigenvalue weighted by Crippen LogP contribution is -2.05. The van der Waals surface area contributed by atoms with Crippen molar-refractivity contribution in [1.29, 1.82) is 0 Å². The standard InChI is InChI=1S/C14H16N2O3/c1-16-8-10(12(17)6-7-13(18)19-2)9-4-3-5-11(15)14(9)16/h3-5,8H,6-7,15H2,1-2H3. The second-order valence-electron chi connectivity index (χ2n) is 4.40. The number of carbonyl (C=O) groups is 2. The van der Waals surface area contributed by atoms with E-state index in [4.69, 9.17) is 5.73 Å². The number of ketones is 1. The Balaban J connectivity index is 2.33. The van der Waals surface area contributed by atoms with Crippen LogP contribution < -0.4 is 5.73 Å². The number of ether oxygens (including phenoxy) is 1. The summed E-state index contributed by atoms with van der Waals surface area (Å²) in [5, 5.41) is 0.817. The number of carbonyl (C=O) groups excluding carboxylic acids is 2. The topological polar surface area (TPSA) is 74.3 Å². The molecule has 0 unspecified atom stereocenters. The molecule has 1 aromatic heterocycles. The molecule has 5 heteroatoms. The van der Waals surface area contributed by atoms with Gasteiger partial charge < -0.3 is 15.0 Å². The van der Waals surface area contributed by atoms with E-state index in [1.807, 2.05) is 23.7 Å². The summed E-state index contributed by atoms with van der Waals surface area (Å²) < 4.78 is 6.36. The Hall–Kier alpha value is -2.30. The lowest BCUT2D eigenvalue weighted by Gasteiger charge is -2.00. The number of aromatic nitrogens is 1. The van der Waals surface area contributed by atoms with E-state index in [-0.39, 0.29) is 24.6 Å². The van der Waals surface area contributed by atoms with Gasteiger partial charge in [-0.15, -0.1) is 0 Å². The van der Waals surface area contributed by atoms with E-state index in [9.17, 15) is 9.59 Å². The number of hydrogen-bond acceptors (Lipinski definition) is 4. The first kappa shape index (κ1) is 13.1. The molecule has 0 fully saturated rings. The van der Waals surface area contributed by atoms with E-state index >= 15 is 0 Å². The molecule has 0 radical (unpaired) electrons. The number of aryl methyl sites for hydroxylation is 1. The van der Waals surface area contributed by atoms with Crippen molar-refractivity contribution in [3.63, 3.8) is 0 Å². The van der Waals surface area contributed by atoms with Crippen LogP contribution in [-0.2, 0) is 16.6 Å². The summed E-state index contributed by atoms with van der Waals surface area (Å²) in [6.07, 6.45) is 1.98. The minimum Gasteiger partial charge on any atom is -0.469 e. The number of nitrogens with zero attached hydrogens (tertiary/aromatic N) is 1. The molecule has 0 saturated carbocycles. The minimum atomic E-state index is -0.381. The van der Waals surface area contributed by atoms with Crippen LogP contribution in [-0.4, -0.2) is 23.4 Å². The van der Waals surface area contributed by atoms with Crippen molar-refractivity contribution in [2.24, 2.45) is 7.05 Å². The zero-order valence-electron chi connectivity index (χ0n) is 11.0. The zero-order valence-corrected chi connectivity index (χ0v) is 11.0. The largest absolute Gasteiger partial charge is 0.469 e. The van der Waals surface area contributed by atoms with Crippen LogP contribution in [0, 0.1) is 0 Å². The molecule has 1 aromatic carbocycles. The highest BCUT2D eigenvalue weighted by Crippen LogP contribution is 2.26. The van der Waals surface area contributed by atoms with E-state index in [0.717, 1.165) is 10.9 Å². The van der Waals surface area contributed by atoms with E-state index in [1.165, 1.54) is 7.11 Å². The number of anilines is 1. The smallest absolute Gasteiger partial charge is 0.305 e. The second-order valence-corrected chi connectivity index (χ2v) is 4.40. The van der Waals surface area contributed by atoms with Crippen LogP contribution in [0.2, 0.25) is 0 Å². The van der Waals surface area contributed by atoms with Gasteiger partial charge >= 0.3 is 5.97 Å². The van der Waals surface area contributed by atoms with Crippen molar-refractivity contribution in [3.05, 3.63) is 30.0 Å². The van der Waals surface area contributed by atoms with Crippen LogP contribution in [0.4, 0.5) is 5.69 Å². The lowest BCUT2D eigenvalue weighted by molar-refractivity contribution is -0.140. The van der Waals surface area contributed by atoms with Crippen LogP contribution in [0.5, 0.6) is 0 Å². The Kier molecular flexibility index (Phi) is 3.55. The summed E-state index contributed by atoms with van der Waals surface area (Å²) in [7, 11) is 3.15. The lowest BCUT2D eigenvalue weighted by atomic mass is 10.1. The molecule has 2 aromatic rings. The second kappa shape index (κ2) is 5.14. The Morgan fingerprint density at radius 1 is 1.32 bits per heavy atom. The number of fused-ring (bicyclic) bond motifs is 1. The maximum absolute atomic E-state index is 12.1. The van der Waals surface area contributed by atoms with Gasteiger partial charge in [0.15, 0.2) is 5.78 Å². The highest BCUT2D eigenvalue weighted by molar-refractivity contribution is 6.10. The van der Waals surface area contributed by atoms with Gasteiger partial charge in [-0.25, -0.2) is 0 Å². The van der Waals surface area contributed by atoms with Crippen molar-refractivity contribution < 1.29 is 14.3 Å². The van der Waals surface area contributed by atoms with Gasteiger partial charge in [-0.1, -0.05) is 12.1 Å². The Morgan fingerprint density at radius 3 is 2.74 bits per heavy atom. The van der Waals surface area contributed by atoms with Gasteiger partial charge in [0.05, 0.1) is 24.7 Å². The van der Waals surface area contributed by atoms with E-state index in [0.29, 0.717) is 11.3 Å². The summed E-state index contributed by atoms with van der Waals surface area (Å²) in [5.41, 5.74) is 7.97. The average Bonchev–Trinajstić information content (AvgIpc) is 2.74. The van der Waals surface area contributed by atoms with Crippen molar-refractivity contribution in [3.8, 4) is 0 Å². The summed E-state index contributed by atoms with van der Waals surface area (Å²) in [4.78, 5) is 23.2. The number of rotatable bonds is 4. The van der Waals surface area contributed by atoms with Gasteiger partial charge in [-0.2, -0.15) is 0 Å². The zero-order chi connectivity index (χ0) is 14.0. The summed E-state index contributed by atoms with van der Waals surface area (Å²) in [6.45, 7) is 0. The number of nitrogens with two attached hydrogens (primary N) is 1. The third-order valence-electron chi connectivity index (χ3n) is 3.12. The first-order valence-corrected chi connectivity index (χ1v) is 5.98. The molecule has 2 N–H and O–H groups in total. The van der Waals surface area contributed by atoms with E-state index in [2.05, 4.69) is 4.74 Å². The molecule has 0 bridgehead atoms. The first-order valence-electron chi connectivity index (χ1n) is 5.98. The number of para-hydroxylation sites is 1. The van der Waals surface area contributed by atoms with Crippen molar-refractivity contribution >= 4 is 28.3 Å². The normalized spacial score (nSPS) is 10.6. The quantitative estimate of drug-likeness (QED) is 0.517. The molecular formula is C14H16N2O3. The van der Waals surface area contributed by atoms with Crippen LogP contribution in [0.3, 0.4) is 0 Å². The summed E-state index contributed by atoms with van der Waals surface area (Å²) >= 11 is 0. The third-order valence-corrected chi connectivity index (χ3v) is 3.12. The van der Waals surface area contributed by atoms with Crippen LogP contribution in [0.1, 0.15) is 23.2 Å². The van der Waals surface area contributed by atoms with Crippen LogP contribution in [0.15, 0.2) is 24.4 Å². The Morgan fingerprint density at radius 2 is 2.05 bits per heavy atom. The highest BCUT2D eigenvalue weighted by atomic mass is 16.5. The SMILES string of the molecule is COC(=O)CCC(=O)c1cn(C)c2c(N)cccc12. The molecular weight excluding hydrogens is 244 g/mol. The molecule has 0 aliphatic carbocycles. The maximum atomic E-state index is 12.1. The molecule has 100 valence electrons. The minimum absolute atomic E-state index is 0.0819. The Labute approximate surface area is 110 Å². The third kappa shape index (κ3) is 2.45. The molecule has 2 rings (SSSR count). The van der Waals surface area contributed by atoms with Crippen molar-refractivity contribution in [1.82, 2.24) is 4.57 Å². The fourth-order valence-electron chi connectivity index (χ4n) is 2.17. The average molecular weight is 260 g/mol. The van der Waals surface area contributed by atoms with Gasteiger partial charge in [0.1, 0.15) is 0 Å². The van der Waals surface area contributed by atoms with Gasteiger partial charge in [-0.3, -0.25) is 9.59 Å². The maximum Gasteiger partial charge on any atom is 0.305 e. The molecule has 0 saturated heterocycles. The number of Topliss-reactive ketones (excluding diaryl/α,β-unsaturated/α-hetero) is 1. The molecule has 1 heterocycles. The molecule has 19 heavy (non-hydrogen) atoms. The van der Waals surface area contributed by atoms with E-state index in [1.54, 1.807) is 12.3 Å². The van der Waals surface area contributed by atoms with E-state index < -0.39 is 0 Å². The fraction of sp³-hybridized carbons (Fsp3) is 0.286. The summed E-state index contributed by atoms with van der Waals surface area (Å²) in [5.74, 6) is -0.463. The number of benzene rings is 1. The van der Waals surface area contributed by atoms with Gasteiger partial charge in [0, 0.05) is 30.6 Å². The molecule has 0 aliphatic rings. The van der Waals surface area contributed by atoms with Crippen LogP contribution >= 0.6 is 0 Å². The number of nitrogen functional groups attached to an aromatic ring is 1. The molecule has 0 atom stereocenters. The van der Waals surface area contributed by atoms with Crippen molar-refractivity contribution in [2.45, 2.75) is 12.8 Å². The van der Waals surface area contributed by atoms with Crippen LogP contribution in [0.25, 0.3) is 10.9 Å². The predicted octanol–water partition coefficient (Wildman–Crippen LogP) is 1.90. The first-order chi connectivity index (χ1) is 9.04. The number of methoxy groups -OCH3 is 1. The molecule has 0 amide bonds. The number of hydrogen-bond donors (Lipinski definition) is 1. The predicted molar refractivity (Wildman–Crippen MR) is 72.9 cm³/mol. The van der Waals surface area contributed by atoms with Gasteiger partial charge in [0.2, 0.25) is 0 Å². The summed E-state index contributed by atoms with van der Waals surface area (Å²) in [6, 6.07) is 5.47. The van der Waals surface area contributed by atoms with Gasteiger partial charge in [-0.05, 0) is 6.07 Å². The van der Waals surface area contributed by atoms with Gasteiger partial charge in [0.25, 0.3) is 0 Å². The van der Waals surface area contributed by atoms with Crippen molar-refractivity contribution in [2.75, 3.05) is 12.8 Å².